The molecule has 0 amide bonds. The number of hydrogen-bond donors (Lipinski definition) is 0. The van der Waals surface area contributed by atoms with Crippen LogP contribution in [0.2, 0.25) is 0 Å². The van der Waals surface area contributed by atoms with Crippen molar-refractivity contribution >= 4 is 0 Å². The molecule has 0 saturated carbocycles. The zero-order valence-corrected chi connectivity index (χ0v) is 12.6. The van der Waals surface area contributed by atoms with Gasteiger partial charge in [0.1, 0.15) is 0 Å². The second-order valence-electron chi connectivity index (χ2n) is 4.96. The third-order valence-electron chi connectivity index (χ3n) is 3.11. The standard InChI is InChI=1S/C15H32O3/c1-4-5-6-7-8-15(2)9-10-17-13-14-18-12-11-16-3/h15H,4-14H2,1-3H3. The van der Waals surface area contributed by atoms with Gasteiger partial charge in [-0.2, -0.15) is 0 Å². The van der Waals surface area contributed by atoms with Crippen LogP contribution in [0.5, 0.6) is 0 Å². The molecule has 0 rings (SSSR count). The van der Waals surface area contributed by atoms with E-state index in [1.54, 1.807) is 7.11 Å². The van der Waals surface area contributed by atoms with Crippen LogP contribution in [0.3, 0.4) is 0 Å². The first-order chi connectivity index (χ1) is 8.81. The van der Waals surface area contributed by atoms with Gasteiger partial charge in [0, 0.05) is 13.7 Å². The molecule has 0 N–H and O–H groups in total. The molecule has 0 fully saturated rings. The Balaban J connectivity index is 3.08. The highest BCUT2D eigenvalue weighted by atomic mass is 16.5. The molecule has 0 aromatic carbocycles. The van der Waals surface area contributed by atoms with E-state index in [9.17, 15) is 0 Å². The molecule has 0 spiro atoms. The minimum atomic E-state index is 0.660. The van der Waals surface area contributed by atoms with Crippen molar-refractivity contribution in [3.05, 3.63) is 0 Å². The summed E-state index contributed by atoms with van der Waals surface area (Å²) in [5, 5.41) is 0. The second-order valence-corrected chi connectivity index (χ2v) is 4.96. The SMILES string of the molecule is CCCCCCC(C)CCOCCOCCOC. The highest BCUT2D eigenvalue weighted by Crippen LogP contribution is 2.13. The first kappa shape index (κ1) is 17.9. The van der Waals surface area contributed by atoms with Crippen molar-refractivity contribution in [2.75, 3.05) is 40.1 Å². The van der Waals surface area contributed by atoms with E-state index < -0.39 is 0 Å². The summed E-state index contributed by atoms with van der Waals surface area (Å²) in [5.41, 5.74) is 0. The first-order valence-electron chi connectivity index (χ1n) is 7.45. The van der Waals surface area contributed by atoms with Gasteiger partial charge in [-0.05, 0) is 12.3 Å². The van der Waals surface area contributed by atoms with Gasteiger partial charge in [-0.3, -0.25) is 0 Å². The fourth-order valence-corrected chi connectivity index (χ4v) is 1.81. The van der Waals surface area contributed by atoms with Gasteiger partial charge < -0.3 is 14.2 Å². The molecule has 1 unspecified atom stereocenters. The van der Waals surface area contributed by atoms with Gasteiger partial charge in [0.05, 0.1) is 26.4 Å². The lowest BCUT2D eigenvalue weighted by Gasteiger charge is -2.11. The van der Waals surface area contributed by atoms with E-state index >= 15 is 0 Å². The van der Waals surface area contributed by atoms with Crippen LogP contribution < -0.4 is 0 Å². The summed E-state index contributed by atoms with van der Waals surface area (Å²) in [4.78, 5) is 0. The van der Waals surface area contributed by atoms with Crippen molar-refractivity contribution in [1.29, 1.82) is 0 Å². The first-order valence-corrected chi connectivity index (χ1v) is 7.45. The molecule has 3 heteroatoms. The van der Waals surface area contributed by atoms with E-state index in [1.165, 1.54) is 38.5 Å². The molecular formula is C15H32O3. The molecule has 0 aliphatic rings. The van der Waals surface area contributed by atoms with Gasteiger partial charge in [-0.1, -0.05) is 46.0 Å². The Hall–Kier alpha value is -0.120. The van der Waals surface area contributed by atoms with Crippen LogP contribution in [0, 0.1) is 5.92 Å². The summed E-state index contributed by atoms with van der Waals surface area (Å²) in [5.74, 6) is 0.788. The highest BCUT2D eigenvalue weighted by molar-refractivity contribution is 4.53. The van der Waals surface area contributed by atoms with Crippen molar-refractivity contribution in [2.45, 2.75) is 52.4 Å². The Morgan fingerprint density at radius 1 is 0.778 bits per heavy atom. The lowest BCUT2D eigenvalue weighted by Crippen LogP contribution is -2.10. The van der Waals surface area contributed by atoms with Crippen LogP contribution in [0.25, 0.3) is 0 Å². The van der Waals surface area contributed by atoms with Gasteiger partial charge in [0.25, 0.3) is 0 Å². The van der Waals surface area contributed by atoms with Crippen LogP contribution >= 0.6 is 0 Å². The van der Waals surface area contributed by atoms with Crippen LogP contribution in [0.15, 0.2) is 0 Å². The fourth-order valence-electron chi connectivity index (χ4n) is 1.81. The summed E-state index contributed by atoms with van der Waals surface area (Å²) >= 11 is 0. The van der Waals surface area contributed by atoms with E-state index in [1.807, 2.05) is 0 Å². The summed E-state index contributed by atoms with van der Waals surface area (Å²) in [6.45, 7) is 8.14. The predicted molar refractivity (Wildman–Crippen MR) is 76.1 cm³/mol. The summed E-state index contributed by atoms with van der Waals surface area (Å²) in [6.07, 6.45) is 7.96. The maximum atomic E-state index is 5.55. The summed E-state index contributed by atoms with van der Waals surface area (Å²) in [7, 11) is 1.68. The third kappa shape index (κ3) is 13.9. The summed E-state index contributed by atoms with van der Waals surface area (Å²) < 4.78 is 15.8. The minimum absolute atomic E-state index is 0.660. The minimum Gasteiger partial charge on any atom is -0.382 e. The molecule has 1 atom stereocenters. The largest absolute Gasteiger partial charge is 0.382 e. The lowest BCUT2D eigenvalue weighted by atomic mass is 10.00. The number of rotatable bonds is 14. The van der Waals surface area contributed by atoms with E-state index in [2.05, 4.69) is 13.8 Å². The van der Waals surface area contributed by atoms with Crippen LogP contribution in [0.1, 0.15) is 52.4 Å². The molecule has 0 aliphatic carbocycles. The zero-order chi connectivity index (χ0) is 13.5. The Bertz CT molecular complexity index is 151. The molecule has 3 nitrogen and oxygen atoms in total. The van der Waals surface area contributed by atoms with Crippen LogP contribution in [0.4, 0.5) is 0 Å². The molecule has 0 bridgehead atoms. The molecule has 110 valence electrons. The molecule has 0 saturated heterocycles. The maximum Gasteiger partial charge on any atom is 0.0701 e. The average Bonchev–Trinajstić information content (AvgIpc) is 2.38. The molecule has 0 heterocycles. The van der Waals surface area contributed by atoms with Gasteiger partial charge in [-0.15, -0.1) is 0 Å². The van der Waals surface area contributed by atoms with Crippen molar-refractivity contribution < 1.29 is 14.2 Å². The average molecular weight is 260 g/mol. The number of unbranched alkanes of at least 4 members (excludes halogenated alkanes) is 3. The van der Waals surface area contributed by atoms with Gasteiger partial charge in [0.2, 0.25) is 0 Å². The van der Waals surface area contributed by atoms with Gasteiger partial charge in [0.15, 0.2) is 0 Å². The Labute approximate surface area is 113 Å². The Morgan fingerprint density at radius 2 is 1.44 bits per heavy atom. The monoisotopic (exact) mass is 260 g/mol. The molecule has 18 heavy (non-hydrogen) atoms. The Kier molecular flexibility index (Phi) is 14.8. The fraction of sp³-hybridized carbons (Fsp3) is 1.00. The predicted octanol–water partition coefficient (Wildman–Crippen LogP) is 3.66. The van der Waals surface area contributed by atoms with Crippen molar-refractivity contribution in [3.8, 4) is 0 Å². The number of methoxy groups -OCH3 is 1. The van der Waals surface area contributed by atoms with E-state index in [0.717, 1.165) is 12.5 Å². The van der Waals surface area contributed by atoms with Gasteiger partial charge in [-0.25, -0.2) is 0 Å². The molecule has 0 aliphatic heterocycles. The van der Waals surface area contributed by atoms with Crippen molar-refractivity contribution in [3.63, 3.8) is 0 Å². The number of hydrogen-bond acceptors (Lipinski definition) is 3. The summed E-state index contributed by atoms with van der Waals surface area (Å²) in [6, 6.07) is 0. The topological polar surface area (TPSA) is 27.7 Å². The van der Waals surface area contributed by atoms with Gasteiger partial charge >= 0.3 is 0 Å². The highest BCUT2D eigenvalue weighted by Gasteiger charge is 2.01. The second kappa shape index (κ2) is 14.9. The van der Waals surface area contributed by atoms with Crippen LogP contribution in [-0.2, 0) is 14.2 Å². The van der Waals surface area contributed by atoms with Crippen LogP contribution in [-0.4, -0.2) is 40.1 Å². The molecular weight excluding hydrogens is 228 g/mol. The Morgan fingerprint density at radius 3 is 2.11 bits per heavy atom. The van der Waals surface area contributed by atoms with E-state index in [4.69, 9.17) is 14.2 Å². The third-order valence-corrected chi connectivity index (χ3v) is 3.11. The maximum absolute atomic E-state index is 5.55. The smallest absolute Gasteiger partial charge is 0.0701 e. The molecule has 0 aromatic rings. The van der Waals surface area contributed by atoms with Crippen molar-refractivity contribution in [2.24, 2.45) is 5.92 Å². The lowest BCUT2D eigenvalue weighted by molar-refractivity contribution is 0.0220. The quantitative estimate of drug-likeness (QED) is 0.446. The number of ether oxygens (including phenoxy) is 3. The molecule has 0 aromatic heterocycles. The van der Waals surface area contributed by atoms with E-state index in [0.29, 0.717) is 26.4 Å². The molecule has 0 radical (unpaired) electrons. The van der Waals surface area contributed by atoms with E-state index in [-0.39, 0.29) is 0 Å². The normalized spacial score (nSPS) is 12.8. The van der Waals surface area contributed by atoms with Crippen molar-refractivity contribution in [1.82, 2.24) is 0 Å². The zero-order valence-electron chi connectivity index (χ0n) is 12.6.